The summed E-state index contributed by atoms with van der Waals surface area (Å²) in [6.45, 7) is 9.47. The molecule has 9 heteroatoms. The van der Waals surface area contributed by atoms with Gasteiger partial charge < -0.3 is 19.4 Å². The SMILES string of the molecule is CCN(CC(=O)N1CCN(Cc2cccc(C)c2)CC1)Cc1nc2cc(OC)c(OC)cc2c(=O)[nH]1. The van der Waals surface area contributed by atoms with Crippen molar-refractivity contribution < 1.29 is 14.3 Å². The fourth-order valence-electron chi connectivity index (χ4n) is 4.60. The van der Waals surface area contributed by atoms with Gasteiger partial charge in [0.25, 0.3) is 5.56 Å². The molecule has 1 aliphatic heterocycles. The van der Waals surface area contributed by atoms with E-state index in [1.165, 1.54) is 18.2 Å². The van der Waals surface area contributed by atoms with Gasteiger partial charge in [0, 0.05) is 38.8 Å². The van der Waals surface area contributed by atoms with Crippen LogP contribution in [0.3, 0.4) is 0 Å². The molecular formula is C27H35N5O4. The zero-order valence-electron chi connectivity index (χ0n) is 21.5. The number of fused-ring (bicyclic) bond motifs is 1. The summed E-state index contributed by atoms with van der Waals surface area (Å²) in [7, 11) is 3.07. The number of aromatic amines is 1. The van der Waals surface area contributed by atoms with E-state index < -0.39 is 0 Å². The van der Waals surface area contributed by atoms with E-state index in [0.29, 0.717) is 41.3 Å². The number of aromatic nitrogens is 2. The zero-order chi connectivity index (χ0) is 25.7. The third kappa shape index (κ3) is 6.03. The first-order chi connectivity index (χ1) is 17.4. The second-order valence-corrected chi connectivity index (χ2v) is 9.19. The zero-order valence-corrected chi connectivity index (χ0v) is 21.5. The van der Waals surface area contributed by atoms with Crippen molar-refractivity contribution in [3.05, 3.63) is 63.7 Å². The minimum atomic E-state index is -0.247. The van der Waals surface area contributed by atoms with E-state index in [1.54, 1.807) is 19.2 Å². The Balaban J connectivity index is 1.36. The number of carbonyl (C=O) groups is 1. The number of ether oxygens (including phenoxy) is 2. The monoisotopic (exact) mass is 493 g/mol. The Bertz CT molecular complexity index is 1270. The molecular weight excluding hydrogens is 458 g/mol. The number of H-pyrrole nitrogens is 1. The minimum absolute atomic E-state index is 0.0987. The highest BCUT2D eigenvalue weighted by Crippen LogP contribution is 2.30. The van der Waals surface area contributed by atoms with Crippen LogP contribution in [0.4, 0.5) is 0 Å². The fourth-order valence-corrected chi connectivity index (χ4v) is 4.60. The van der Waals surface area contributed by atoms with Crippen molar-refractivity contribution in [1.82, 2.24) is 24.7 Å². The Morgan fingerprint density at radius 3 is 2.47 bits per heavy atom. The molecule has 0 radical (unpaired) electrons. The van der Waals surface area contributed by atoms with Gasteiger partial charge in [-0.25, -0.2) is 4.98 Å². The van der Waals surface area contributed by atoms with E-state index in [0.717, 1.165) is 32.7 Å². The number of nitrogens with zero attached hydrogens (tertiary/aromatic N) is 4. The van der Waals surface area contributed by atoms with Crippen LogP contribution in [0.25, 0.3) is 10.9 Å². The van der Waals surface area contributed by atoms with Crippen LogP contribution in [0.2, 0.25) is 0 Å². The van der Waals surface area contributed by atoms with Crippen molar-refractivity contribution in [3.63, 3.8) is 0 Å². The third-order valence-corrected chi connectivity index (χ3v) is 6.65. The third-order valence-electron chi connectivity index (χ3n) is 6.65. The fraction of sp³-hybridized carbons (Fsp3) is 0.444. The summed E-state index contributed by atoms with van der Waals surface area (Å²) in [6, 6.07) is 11.9. The van der Waals surface area contributed by atoms with Crippen LogP contribution < -0.4 is 15.0 Å². The second kappa shape index (κ2) is 11.5. The van der Waals surface area contributed by atoms with Gasteiger partial charge in [0.05, 0.1) is 38.2 Å². The molecule has 2 aromatic carbocycles. The summed E-state index contributed by atoms with van der Waals surface area (Å²) in [6.07, 6.45) is 0. The average molecular weight is 494 g/mol. The Morgan fingerprint density at radius 2 is 1.81 bits per heavy atom. The molecule has 2 heterocycles. The molecule has 3 aromatic rings. The van der Waals surface area contributed by atoms with Gasteiger partial charge in [-0.15, -0.1) is 0 Å². The van der Waals surface area contributed by atoms with Gasteiger partial charge in [-0.1, -0.05) is 36.8 Å². The van der Waals surface area contributed by atoms with Gasteiger partial charge in [-0.2, -0.15) is 0 Å². The van der Waals surface area contributed by atoms with Crippen molar-refractivity contribution in [2.45, 2.75) is 26.9 Å². The number of rotatable bonds is 9. The smallest absolute Gasteiger partial charge is 0.258 e. The maximum absolute atomic E-state index is 13.0. The molecule has 1 fully saturated rings. The molecule has 36 heavy (non-hydrogen) atoms. The summed E-state index contributed by atoms with van der Waals surface area (Å²) in [5, 5.41) is 0.430. The molecule has 1 amide bonds. The van der Waals surface area contributed by atoms with Gasteiger partial charge in [-0.3, -0.25) is 19.4 Å². The first-order valence-corrected chi connectivity index (χ1v) is 12.3. The lowest BCUT2D eigenvalue weighted by Gasteiger charge is -2.35. The van der Waals surface area contributed by atoms with Crippen LogP contribution in [0.5, 0.6) is 11.5 Å². The first-order valence-electron chi connectivity index (χ1n) is 12.3. The molecule has 1 N–H and O–H groups in total. The minimum Gasteiger partial charge on any atom is -0.493 e. The summed E-state index contributed by atoms with van der Waals surface area (Å²) in [4.78, 5) is 39.5. The van der Waals surface area contributed by atoms with Gasteiger partial charge >= 0.3 is 0 Å². The Morgan fingerprint density at radius 1 is 1.08 bits per heavy atom. The van der Waals surface area contributed by atoms with Crippen molar-refractivity contribution in [2.24, 2.45) is 0 Å². The topological polar surface area (TPSA) is 91.0 Å². The molecule has 1 aromatic heterocycles. The number of piperazine rings is 1. The molecule has 0 unspecified atom stereocenters. The van der Waals surface area contributed by atoms with Crippen LogP contribution in [-0.2, 0) is 17.9 Å². The number of carbonyl (C=O) groups excluding carboxylic acids is 1. The van der Waals surface area contributed by atoms with E-state index in [2.05, 4.69) is 46.1 Å². The number of benzene rings is 2. The molecule has 0 bridgehead atoms. The van der Waals surface area contributed by atoms with E-state index in [4.69, 9.17) is 9.47 Å². The molecule has 9 nitrogen and oxygen atoms in total. The second-order valence-electron chi connectivity index (χ2n) is 9.19. The van der Waals surface area contributed by atoms with Crippen LogP contribution >= 0.6 is 0 Å². The van der Waals surface area contributed by atoms with Crippen LogP contribution in [-0.4, -0.2) is 84.1 Å². The highest BCUT2D eigenvalue weighted by atomic mass is 16.5. The van der Waals surface area contributed by atoms with Gasteiger partial charge in [0.15, 0.2) is 11.5 Å². The molecule has 1 aliphatic rings. The van der Waals surface area contributed by atoms with Crippen LogP contribution in [0, 0.1) is 6.92 Å². The Kier molecular flexibility index (Phi) is 8.22. The Labute approximate surface area is 211 Å². The van der Waals surface area contributed by atoms with E-state index in [1.807, 2.05) is 16.7 Å². The lowest BCUT2D eigenvalue weighted by atomic mass is 10.1. The van der Waals surface area contributed by atoms with Crippen molar-refractivity contribution in [2.75, 3.05) is 53.5 Å². The number of hydrogen-bond donors (Lipinski definition) is 1. The molecule has 192 valence electrons. The first kappa shape index (κ1) is 25.7. The number of nitrogens with one attached hydrogen (secondary N) is 1. The molecule has 1 saturated heterocycles. The lowest BCUT2D eigenvalue weighted by molar-refractivity contribution is -0.134. The molecule has 0 spiro atoms. The van der Waals surface area contributed by atoms with Crippen molar-refractivity contribution in [1.29, 1.82) is 0 Å². The maximum atomic E-state index is 13.0. The predicted octanol–water partition coefficient (Wildman–Crippen LogP) is 2.42. The highest BCUT2D eigenvalue weighted by Gasteiger charge is 2.23. The van der Waals surface area contributed by atoms with E-state index >= 15 is 0 Å². The maximum Gasteiger partial charge on any atom is 0.258 e. The number of hydrogen-bond acceptors (Lipinski definition) is 7. The normalized spacial score (nSPS) is 14.4. The summed E-state index contributed by atoms with van der Waals surface area (Å²) >= 11 is 0. The number of aryl methyl sites for hydroxylation is 1. The van der Waals surface area contributed by atoms with Gasteiger partial charge in [0.2, 0.25) is 5.91 Å². The quantitative estimate of drug-likeness (QED) is 0.490. The van der Waals surface area contributed by atoms with E-state index in [9.17, 15) is 9.59 Å². The highest BCUT2D eigenvalue weighted by molar-refractivity contribution is 5.82. The van der Waals surface area contributed by atoms with Crippen molar-refractivity contribution >= 4 is 16.8 Å². The molecule has 0 atom stereocenters. The summed E-state index contributed by atoms with van der Waals surface area (Å²) in [5.74, 6) is 1.60. The van der Waals surface area contributed by atoms with Gasteiger partial charge in [-0.05, 0) is 25.1 Å². The molecule has 0 aliphatic carbocycles. The summed E-state index contributed by atoms with van der Waals surface area (Å²) in [5.41, 5.74) is 2.85. The molecule has 0 saturated carbocycles. The lowest BCUT2D eigenvalue weighted by Crippen LogP contribution is -2.50. The van der Waals surface area contributed by atoms with E-state index in [-0.39, 0.29) is 18.0 Å². The predicted molar refractivity (Wildman–Crippen MR) is 139 cm³/mol. The Hall–Kier alpha value is -3.43. The largest absolute Gasteiger partial charge is 0.493 e. The van der Waals surface area contributed by atoms with Crippen LogP contribution in [0.1, 0.15) is 23.9 Å². The number of methoxy groups -OCH3 is 2. The van der Waals surface area contributed by atoms with Gasteiger partial charge in [0.1, 0.15) is 5.82 Å². The number of amides is 1. The summed E-state index contributed by atoms with van der Waals surface area (Å²) < 4.78 is 10.6. The standard InChI is InChI=1S/C27H35N5O4/c1-5-30(17-25-28-22-15-24(36-4)23(35-3)14-21(22)27(34)29-25)18-26(33)32-11-9-31(10-12-32)16-20-8-6-7-19(2)13-20/h6-8,13-15H,5,9-12,16-18H2,1-4H3,(H,28,29,34). The molecule has 4 rings (SSSR count). The van der Waals surface area contributed by atoms with Crippen molar-refractivity contribution in [3.8, 4) is 11.5 Å². The van der Waals surface area contributed by atoms with Crippen LogP contribution in [0.15, 0.2) is 41.2 Å². The number of likely N-dealkylation sites (N-methyl/N-ethyl adjacent to an activating group) is 1. The average Bonchev–Trinajstić information content (AvgIpc) is 2.88.